The summed E-state index contributed by atoms with van der Waals surface area (Å²) in [5.41, 5.74) is -0.557. The SMILES string of the molecule is CCCC[C@@](C)(OC)[C@H](C=O)OC1CCCCO1. The molecule has 0 aromatic carbocycles. The Morgan fingerprint density at radius 2 is 2.28 bits per heavy atom. The van der Waals surface area contributed by atoms with Gasteiger partial charge in [-0.1, -0.05) is 19.8 Å². The van der Waals surface area contributed by atoms with Gasteiger partial charge in [-0.3, -0.25) is 0 Å². The van der Waals surface area contributed by atoms with Crippen molar-refractivity contribution in [3.05, 3.63) is 0 Å². The number of ether oxygens (including phenoxy) is 3. The van der Waals surface area contributed by atoms with E-state index in [1.807, 2.05) is 6.92 Å². The van der Waals surface area contributed by atoms with Gasteiger partial charge in [0.2, 0.25) is 0 Å². The summed E-state index contributed by atoms with van der Waals surface area (Å²) in [4.78, 5) is 11.3. The second-order valence-electron chi connectivity index (χ2n) is 5.11. The van der Waals surface area contributed by atoms with Crippen molar-refractivity contribution in [1.29, 1.82) is 0 Å². The summed E-state index contributed by atoms with van der Waals surface area (Å²) in [6.07, 6.45) is 5.96. The van der Waals surface area contributed by atoms with Gasteiger partial charge in [-0.15, -0.1) is 0 Å². The van der Waals surface area contributed by atoms with Crippen LogP contribution in [0.15, 0.2) is 0 Å². The average molecular weight is 258 g/mol. The Morgan fingerprint density at radius 3 is 2.78 bits per heavy atom. The third-order valence-corrected chi connectivity index (χ3v) is 3.65. The first-order valence-corrected chi connectivity index (χ1v) is 6.93. The van der Waals surface area contributed by atoms with E-state index in [9.17, 15) is 4.79 Å². The van der Waals surface area contributed by atoms with Gasteiger partial charge in [-0.2, -0.15) is 0 Å². The molecule has 4 nitrogen and oxygen atoms in total. The molecule has 1 aliphatic heterocycles. The lowest BCUT2D eigenvalue weighted by Gasteiger charge is -2.36. The minimum Gasteiger partial charge on any atom is -0.375 e. The molecule has 1 fully saturated rings. The molecule has 0 radical (unpaired) electrons. The summed E-state index contributed by atoms with van der Waals surface area (Å²) < 4.78 is 16.8. The molecule has 0 aliphatic carbocycles. The van der Waals surface area contributed by atoms with E-state index in [1.165, 1.54) is 0 Å². The van der Waals surface area contributed by atoms with Crippen molar-refractivity contribution in [3.8, 4) is 0 Å². The van der Waals surface area contributed by atoms with Crippen molar-refractivity contribution in [1.82, 2.24) is 0 Å². The van der Waals surface area contributed by atoms with Crippen LogP contribution in [0.25, 0.3) is 0 Å². The monoisotopic (exact) mass is 258 g/mol. The molecule has 4 heteroatoms. The second-order valence-corrected chi connectivity index (χ2v) is 5.11. The fourth-order valence-corrected chi connectivity index (χ4v) is 2.19. The van der Waals surface area contributed by atoms with Crippen LogP contribution in [0.4, 0.5) is 0 Å². The minimum atomic E-state index is -0.558. The number of aldehydes is 1. The van der Waals surface area contributed by atoms with Gasteiger partial charge in [0.15, 0.2) is 12.6 Å². The third kappa shape index (κ3) is 4.34. The lowest BCUT2D eigenvalue weighted by molar-refractivity contribution is -0.223. The second kappa shape index (κ2) is 7.87. The Balaban J connectivity index is 2.57. The maximum absolute atomic E-state index is 11.3. The normalized spacial score (nSPS) is 25.4. The molecule has 18 heavy (non-hydrogen) atoms. The maximum atomic E-state index is 11.3. The van der Waals surface area contributed by atoms with Crippen molar-refractivity contribution in [2.45, 2.75) is 70.4 Å². The Bertz CT molecular complexity index is 238. The Morgan fingerprint density at radius 1 is 1.50 bits per heavy atom. The van der Waals surface area contributed by atoms with E-state index in [0.29, 0.717) is 0 Å². The highest BCUT2D eigenvalue weighted by molar-refractivity contribution is 5.58. The van der Waals surface area contributed by atoms with E-state index < -0.39 is 11.7 Å². The van der Waals surface area contributed by atoms with Crippen LogP contribution in [0.5, 0.6) is 0 Å². The highest BCUT2D eigenvalue weighted by atomic mass is 16.7. The van der Waals surface area contributed by atoms with Gasteiger partial charge in [0.25, 0.3) is 0 Å². The van der Waals surface area contributed by atoms with E-state index in [4.69, 9.17) is 14.2 Å². The van der Waals surface area contributed by atoms with Crippen LogP contribution >= 0.6 is 0 Å². The Kier molecular flexibility index (Phi) is 6.82. The molecule has 1 rings (SSSR count). The molecule has 0 saturated carbocycles. The van der Waals surface area contributed by atoms with Gasteiger partial charge in [0.05, 0.1) is 5.60 Å². The standard InChI is InChI=1S/C14H26O4/c1-4-5-9-14(2,16-3)12(11-15)18-13-8-6-7-10-17-13/h11-13H,4-10H2,1-3H3/t12-,13?,14+/m0/s1. The van der Waals surface area contributed by atoms with Gasteiger partial charge in [-0.25, -0.2) is 0 Å². The fraction of sp³-hybridized carbons (Fsp3) is 0.929. The summed E-state index contributed by atoms with van der Waals surface area (Å²) in [5.74, 6) is 0. The molecular formula is C14H26O4. The third-order valence-electron chi connectivity index (χ3n) is 3.65. The van der Waals surface area contributed by atoms with Crippen LogP contribution in [0.1, 0.15) is 52.4 Å². The first kappa shape index (κ1) is 15.6. The number of carbonyl (C=O) groups excluding carboxylic acids is 1. The molecule has 0 spiro atoms. The van der Waals surface area contributed by atoms with Gasteiger partial charge >= 0.3 is 0 Å². The van der Waals surface area contributed by atoms with Crippen LogP contribution in [0.2, 0.25) is 0 Å². The molecule has 0 amide bonds. The summed E-state index contributed by atoms with van der Waals surface area (Å²) in [6.45, 7) is 4.77. The Labute approximate surface area is 110 Å². The molecule has 0 aromatic heterocycles. The van der Waals surface area contributed by atoms with Crippen LogP contribution in [0, 0.1) is 0 Å². The fourth-order valence-electron chi connectivity index (χ4n) is 2.19. The smallest absolute Gasteiger partial charge is 0.158 e. The van der Waals surface area contributed by atoms with E-state index in [0.717, 1.165) is 51.4 Å². The average Bonchev–Trinajstić information content (AvgIpc) is 2.43. The largest absolute Gasteiger partial charge is 0.375 e. The van der Waals surface area contributed by atoms with E-state index in [1.54, 1.807) is 7.11 Å². The minimum absolute atomic E-state index is 0.259. The molecule has 0 bridgehead atoms. The number of rotatable bonds is 8. The molecule has 1 heterocycles. The summed E-state index contributed by atoms with van der Waals surface area (Å²) in [5, 5.41) is 0. The predicted octanol–water partition coefficient (Wildman–Crippen LogP) is 2.69. The van der Waals surface area contributed by atoms with Crippen molar-refractivity contribution in [2.75, 3.05) is 13.7 Å². The molecule has 1 saturated heterocycles. The number of methoxy groups -OCH3 is 1. The lowest BCUT2D eigenvalue weighted by Crippen LogP contribution is -2.46. The Hall–Kier alpha value is -0.450. The van der Waals surface area contributed by atoms with Crippen LogP contribution in [-0.2, 0) is 19.0 Å². The van der Waals surface area contributed by atoms with Gasteiger partial charge in [-0.05, 0) is 32.6 Å². The zero-order valence-electron chi connectivity index (χ0n) is 11.8. The quantitative estimate of drug-likeness (QED) is 0.628. The predicted molar refractivity (Wildman–Crippen MR) is 69.5 cm³/mol. The van der Waals surface area contributed by atoms with E-state index >= 15 is 0 Å². The van der Waals surface area contributed by atoms with Crippen LogP contribution in [-0.4, -0.2) is 38.0 Å². The molecule has 106 valence electrons. The van der Waals surface area contributed by atoms with Gasteiger partial charge in [0, 0.05) is 13.7 Å². The number of hydrogen-bond donors (Lipinski definition) is 0. The van der Waals surface area contributed by atoms with E-state index in [2.05, 4.69) is 6.92 Å². The number of unbranched alkanes of at least 4 members (excludes halogenated alkanes) is 1. The van der Waals surface area contributed by atoms with Crippen molar-refractivity contribution < 1.29 is 19.0 Å². The zero-order chi connectivity index (χ0) is 13.4. The zero-order valence-corrected chi connectivity index (χ0v) is 11.8. The molecule has 0 N–H and O–H groups in total. The molecule has 1 unspecified atom stereocenters. The van der Waals surface area contributed by atoms with Crippen molar-refractivity contribution in [2.24, 2.45) is 0 Å². The summed E-state index contributed by atoms with van der Waals surface area (Å²) in [7, 11) is 1.64. The van der Waals surface area contributed by atoms with Crippen molar-refractivity contribution >= 4 is 6.29 Å². The summed E-state index contributed by atoms with van der Waals surface area (Å²) in [6, 6.07) is 0. The highest BCUT2D eigenvalue weighted by Gasteiger charge is 2.36. The van der Waals surface area contributed by atoms with Crippen LogP contribution < -0.4 is 0 Å². The first-order valence-electron chi connectivity index (χ1n) is 6.93. The number of hydrogen-bond acceptors (Lipinski definition) is 4. The molecular weight excluding hydrogens is 232 g/mol. The van der Waals surface area contributed by atoms with Crippen LogP contribution in [0.3, 0.4) is 0 Å². The van der Waals surface area contributed by atoms with E-state index in [-0.39, 0.29) is 6.29 Å². The maximum Gasteiger partial charge on any atom is 0.158 e. The number of carbonyl (C=O) groups is 1. The van der Waals surface area contributed by atoms with Gasteiger partial charge < -0.3 is 19.0 Å². The van der Waals surface area contributed by atoms with Crippen molar-refractivity contribution in [3.63, 3.8) is 0 Å². The first-order chi connectivity index (χ1) is 8.66. The van der Waals surface area contributed by atoms with Gasteiger partial charge in [0.1, 0.15) is 6.10 Å². The highest BCUT2D eigenvalue weighted by Crippen LogP contribution is 2.26. The summed E-state index contributed by atoms with van der Waals surface area (Å²) >= 11 is 0. The molecule has 0 aromatic rings. The topological polar surface area (TPSA) is 44.8 Å². The molecule has 1 aliphatic rings. The molecule has 3 atom stereocenters. The lowest BCUT2D eigenvalue weighted by atomic mass is 9.93.